The summed E-state index contributed by atoms with van der Waals surface area (Å²) in [5, 5.41) is 0. The third-order valence-electron chi connectivity index (χ3n) is 5.57. The maximum absolute atomic E-state index is 12.7. The Hall–Kier alpha value is -1.05. The van der Waals surface area contributed by atoms with Crippen LogP contribution in [0.1, 0.15) is 44.1 Å². The molecule has 4 bridgehead atoms. The zero-order valence-corrected chi connectivity index (χ0v) is 10.7. The molecule has 0 atom stereocenters. The van der Waals surface area contributed by atoms with Gasteiger partial charge in [0.15, 0.2) is 0 Å². The van der Waals surface area contributed by atoms with E-state index < -0.39 is 0 Å². The van der Waals surface area contributed by atoms with Crippen LogP contribution in [0.5, 0.6) is 0 Å². The monoisotopic (exact) mass is 244 g/mol. The molecule has 18 heavy (non-hydrogen) atoms. The van der Waals surface area contributed by atoms with Gasteiger partial charge in [-0.3, -0.25) is 4.79 Å². The molecule has 0 unspecified atom stereocenters. The number of rotatable bonds is 3. The van der Waals surface area contributed by atoms with Crippen LogP contribution >= 0.6 is 0 Å². The van der Waals surface area contributed by atoms with Crippen molar-refractivity contribution < 1.29 is 9.21 Å². The van der Waals surface area contributed by atoms with Crippen LogP contribution in [-0.2, 0) is 11.2 Å². The van der Waals surface area contributed by atoms with Crippen LogP contribution in [0.25, 0.3) is 0 Å². The normalized spacial score (nSPS) is 41.2. The molecule has 4 aliphatic rings. The van der Waals surface area contributed by atoms with Crippen LogP contribution < -0.4 is 0 Å². The Morgan fingerprint density at radius 3 is 2.28 bits per heavy atom. The van der Waals surface area contributed by atoms with E-state index in [1.807, 2.05) is 6.07 Å². The van der Waals surface area contributed by atoms with Crippen molar-refractivity contribution in [2.24, 2.45) is 23.2 Å². The molecule has 4 fully saturated rings. The molecule has 1 aromatic rings. The van der Waals surface area contributed by atoms with E-state index in [0.29, 0.717) is 12.2 Å². The number of furan rings is 1. The first-order valence-electron chi connectivity index (χ1n) is 7.28. The van der Waals surface area contributed by atoms with E-state index in [1.165, 1.54) is 38.5 Å². The molecular weight excluding hydrogens is 224 g/mol. The Morgan fingerprint density at radius 1 is 1.17 bits per heavy atom. The van der Waals surface area contributed by atoms with Gasteiger partial charge in [-0.2, -0.15) is 0 Å². The molecule has 1 heterocycles. The summed E-state index contributed by atoms with van der Waals surface area (Å²) >= 11 is 0. The van der Waals surface area contributed by atoms with Gasteiger partial charge in [-0.25, -0.2) is 0 Å². The Kier molecular flexibility index (Phi) is 2.24. The number of hydrogen-bond donors (Lipinski definition) is 0. The van der Waals surface area contributed by atoms with Gasteiger partial charge < -0.3 is 4.42 Å². The summed E-state index contributed by atoms with van der Waals surface area (Å²) in [7, 11) is 0. The average molecular weight is 244 g/mol. The van der Waals surface area contributed by atoms with Crippen molar-refractivity contribution in [2.75, 3.05) is 0 Å². The first-order valence-corrected chi connectivity index (χ1v) is 7.28. The van der Waals surface area contributed by atoms with Crippen LogP contribution in [-0.4, -0.2) is 5.78 Å². The second-order valence-corrected chi connectivity index (χ2v) is 6.93. The Morgan fingerprint density at radius 2 is 1.78 bits per heavy atom. The number of ketones is 1. The van der Waals surface area contributed by atoms with Gasteiger partial charge in [-0.15, -0.1) is 0 Å². The van der Waals surface area contributed by atoms with Gasteiger partial charge in [-0.05, 0) is 67.9 Å². The predicted molar refractivity (Wildman–Crippen MR) is 68.0 cm³/mol. The van der Waals surface area contributed by atoms with Crippen LogP contribution in [0, 0.1) is 23.2 Å². The third-order valence-corrected chi connectivity index (χ3v) is 5.57. The average Bonchev–Trinajstić information content (AvgIpc) is 2.79. The summed E-state index contributed by atoms with van der Waals surface area (Å²) in [6, 6.07) is 1.93. The molecule has 2 heteroatoms. The van der Waals surface area contributed by atoms with Crippen LogP contribution in [0.15, 0.2) is 23.0 Å². The molecule has 0 radical (unpaired) electrons. The lowest BCUT2D eigenvalue weighted by atomic mass is 9.48. The minimum Gasteiger partial charge on any atom is -0.472 e. The fourth-order valence-electron chi connectivity index (χ4n) is 5.22. The van der Waals surface area contributed by atoms with Gasteiger partial charge in [0.25, 0.3) is 0 Å². The predicted octanol–water partition coefficient (Wildman–Crippen LogP) is 3.61. The number of Topliss-reactive ketones (excluding diaryl/α,β-unsaturated/α-hetero) is 1. The standard InChI is InChI=1S/C16H20O2/c17-15(6-11-1-2-18-10-11)16-7-12-3-13(8-16)5-14(4-12)9-16/h1-2,10,12-14H,3-9H2. The fourth-order valence-corrected chi connectivity index (χ4v) is 5.22. The minimum atomic E-state index is 0.0476. The largest absolute Gasteiger partial charge is 0.472 e. The third kappa shape index (κ3) is 1.58. The summed E-state index contributed by atoms with van der Waals surface area (Å²) in [4.78, 5) is 12.7. The van der Waals surface area contributed by atoms with E-state index in [4.69, 9.17) is 4.42 Å². The second kappa shape index (κ2) is 3.72. The van der Waals surface area contributed by atoms with Crippen molar-refractivity contribution in [3.05, 3.63) is 24.2 Å². The van der Waals surface area contributed by atoms with Crippen molar-refractivity contribution in [1.29, 1.82) is 0 Å². The molecule has 0 spiro atoms. The molecule has 0 amide bonds. The summed E-state index contributed by atoms with van der Waals surface area (Å²) < 4.78 is 5.08. The van der Waals surface area contributed by atoms with Gasteiger partial charge >= 0.3 is 0 Å². The summed E-state index contributed by atoms with van der Waals surface area (Å²) in [5.74, 6) is 3.04. The molecule has 4 aliphatic carbocycles. The van der Waals surface area contributed by atoms with Crippen molar-refractivity contribution >= 4 is 5.78 Å². The lowest BCUT2D eigenvalue weighted by Gasteiger charge is -2.56. The van der Waals surface area contributed by atoms with Crippen LogP contribution in [0.2, 0.25) is 0 Å². The topological polar surface area (TPSA) is 30.2 Å². The van der Waals surface area contributed by atoms with Gasteiger partial charge in [0.1, 0.15) is 5.78 Å². The van der Waals surface area contributed by atoms with E-state index in [2.05, 4.69) is 0 Å². The van der Waals surface area contributed by atoms with E-state index in [-0.39, 0.29) is 5.41 Å². The molecule has 96 valence electrons. The molecule has 5 rings (SSSR count). The zero-order valence-electron chi connectivity index (χ0n) is 10.7. The highest BCUT2D eigenvalue weighted by molar-refractivity contribution is 5.87. The van der Waals surface area contributed by atoms with E-state index in [1.54, 1.807) is 12.5 Å². The van der Waals surface area contributed by atoms with Crippen LogP contribution in [0.3, 0.4) is 0 Å². The molecule has 0 aliphatic heterocycles. The smallest absolute Gasteiger partial charge is 0.143 e. The van der Waals surface area contributed by atoms with Crippen LogP contribution in [0.4, 0.5) is 0 Å². The molecular formula is C16H20O2. The summed E-state index contributed by atoms with van der Waals surface area (Å²) in [6.45, 7) is 0. The van der Waals surface area contributed by atoms with E-state index in [0.717, 1.165) is 23.3 Å². The molecule has 2 nitrogen and oxygen atoms in total. The molecule has 0 N–H and O–H groups in total. The minimum absolute atomic E-state index is 0.0476. The first kappa shape index (κ1) is 10.8. The first-order chi connectivity index (χ1) is 8.73. The van der Waals surface area contributed by atoms with Crippen molar-refractivity contribution in [3.63, 3.8) is 0 Å². The quantitative estimate of drug-likeness (QED) is 0.813. The van der Waals surface area contributed by atoms with Crippen molar-refractivity contribution in [2.45, 2.75) is 44.9 Å². The van der Waals surface area contributed by atoms with E-state index >= 15 is 0 Å². The Balaban J connectivity index is 1.58. The molecule has 0 aromatic carbocycles. The van der Waals surface area contributed by atoms with E-state index in [9.17, 15) is 4.79 Å². The Bertz CT molecular complexity index is 422. The van der Waals surface area contributed by atoms with Crippen molar-refractivity contribution in [3.8, 4) is 0 Å². The van der Waals surface area contributed by atoms with Gasteiger partial charge in [-0.1, -0.05) is 0 Å². The van der Waals surface area contributed by atoms with Gasteiger partial charge in [0.2, 0.25) is 0 Å². The fraction of sp³-hybridized carbons (Fsp3) is 0.688. The molecule has 1 aromatic heterocycles. The number of hydrogen-bond acceptors (Lipinski definition) is 2. The summed E-state index contributed by atoms with van der Waals surface area (Å²) in [5.41, 5.74) is 1.10. The maximum Gasteiger partial charge on any atom is 0.143 e. The SMILES string of the molecule is O=C(Cc1ccoc1)C12CC3CC(CC(C3)C1)C2. The summed E-state index contributed by atoms with van der Waals surface area (Å²) in [6.07, 6.45) is 11.7. The lowest BCUT2D eigenvalue weighted by molar-refractivity contribution is -0.143. The maximum atomic E-state index is 12.7. The highest BCUT2D eigenvalue weighted by atomic mass is 16.3. The molecule has 4 saturated carbocycles. The number of carbonyl (C=O) groups excluding carboxylic acids is 1. The lowest BCUT2D eigenvalue weighted by Crippen LogP contribution is -2.50. The second-order valence-electron chi connectivity index (χ2n) is 6.93. The zero-order chi connectivity index (χ0) is 12.2. The van der Waals surface area contributed by atoms with Gasteiger partial charge in [0.05, 0.1) is 12.5 Å². The highest BCUT2D eigenvalue weighted by Gasteiger charge is 2.53. The van der Waals surface area contributed by atoms with Crippen molar-refractivity contribution in [1.82, 2.24) is 0 Å². The number of carbonyl (C=O) groups is 1. The van der Waals surface area contributed by atoms with Gasteiger partial charge in [0, 0.05) is 11.8 Å². The highest BCUT2D eigenvalue weighted by Crippen LogP contribution is 2.60. The Labute approximate surface area is 108 Å². The molecule has 0 saturated heterocycles.